The number of carbonyl (C=O) groups is 1. The Kier molecular flexibility index (Phi) is 4.26. The number of hydrogen-bond donors (Lipinski definition) is 0. The molecule has 0 aromatic carbocycles. The van der Waals surface area contributed by atoms with Crippen LogP contribution in [0.1, 0.15) is 6.92 Å². The summed E-state index contributed by atoms with van der Waals surface area (Å²) in [5.74, 6) is 0.0199. The van der Waals surface area contributed by atoms with E-state index in [2.05, 4.69) is 48.7 Å². The summed E-state index contributed by atoms with van der Waals surface area (Å²) in [5.41, 5.74) is 0. The monoisotopic (exact) mass is 230 g/mol. The first kappa shape index (κ1) is 13.6. The van der Waals surface area contributed by atoms with Crippen LogP contribution in [0.15, 0.2) is 5.10 Å². The third-order valence-corrected chi connectivity index (χ3v) is 8.42. The Balaban J connectivity index is 4.86. The van der Waals surface area contributed by atoms with Crippen molar-refractivity contribution < 1.29 is 4.79 Å². The van der Waals surface area contributed by atoms with E-state index in [1.54, 1.807) is 0 Å². The molecule has 3 nitrogen and oxygen atoms in total. The maximum absolute atomic E-state index is 10.9. The first-order valence-electron chi connectivity index (χ1n) is 4.90. The van der Waals surface area contributed by atoms with Gasteiger partial charge in [0.2, 0.25) is 0 Å². The highest BCUT2D eigenvalue weighted by Crippen LogP contribution is 2.19. The summed E-state index contributed by atoms with van der Waals surface area (Å²) in [4.78, 5) is 10.9. The van der Waals surface area contributed by atoms with Crippen LogP contribution in [0, 0.1) is 0 Å². The standard InChI is InChI=1S/C9H22N2OSi2/c1-9(12)8-10-11(13(2,3)4)14(5,6)7/h8H,1-7H3/b10-8+. The topological polar surface area (TPSA) is 32.7 Å². The molecule has 82 valence electrons. The molecule has 14 heavy (non-hydrogen) atoms. The predicted octanol–water partition coefficient (Wildman–Crippen LogP) is 2.53. The van der Waals surface area contributed by atoms with Gasteiger partial charge in [-0.3, -0.25) is 4.79 Å². The number of hydrogen-bond acceptors (Lipinski definition) is 3. The quantitative estimate of drug-likeness (QED) is 0.422. The predicted molar refractivity (Wildman–Crippen MR) is 67.7 cm³/mol. The zero-order chi connectivity index (χ0) is 11.6. The van der Waals surface area contributed by atoms with Gasteiger partial charge in [0.25, 0.3) is 0 Å². The molecule has 0 saturated heterocycles. The Morgan fingerprint density at radius 3 is 1.64 bits per heavy atom. The number of Topliss-reactive ketones (excluding diaryl/α,β-unsaturated/α-hetero) is 1. The molecule has 0 aliphatic rings. The number of rotatable bonds is 4. The van der Waals surface area contributed by atoms with Crippen molar-refractivity contribution in [3.63, 3.8) is 0 Å². The van der Waals surface area contributed by atoms with Crippen molar-refractivity contribution in [3.8, 4) is 0 Å². The van der Waals surface area contributed by atoms with Gasteiger partial charge in [-0.25, -0.2) is 0 Å². The van der Waals surface area contributed by atoms with Crippen LogP contribution in [0.2, 0.25) is 39.3 Å². The molecule has 0 saturated carbocycles. The molecule has 0 aliphatic carbocycles. The van der Waals surface area contributed by atoms with Crippen LogP contribution in [-0.2, 0) is 4.79 Å². The highest BCUT2D eigenvalue weighted by Gasteiger charge is 2.33. The van der Waals surface area contributed by atoms with Gasteiger partial charge in [-0.15, -0.1) is 0 Å². The maximum atomic E-state index is 10.9. The smallest absolute Gasteiger partial charge is 0.172 e. The molecular weight excluding hydrogens is 208 g/mol. The van der Waals surface area contributed by atoms with Gasteiger partial charge >= 0.3 is 0 Å². The van der Waals surface area contributed by atoms with Gasteiger partial charge in [-0.05, 0) is 0 Å². The molecule has 0 bridgehead atoms. The lowest BCUT2D eigenvalue weighted by atomic mass is 10.5. The molecule has 0 amide bonds. The lowest BCUT2D eigenvalue weighted by molar-refractivity contribution is -0.110. The Labute approximate surface area is 89.4 Å². The zero-order valence-electron chi connectivity index (χ0n) is 10.4. The molecule has 0 unspecified atom stereocenters. The molecule has 0 aromatic heterocycles. The van der Waals surface area contributed by atoms with E-state index in [1.165, 1.54) is 13.1 Å². The molecule has 0 N–H and O–H groups in total. The van der Waals surface area contributed by atoms with Crippen molar-refractivity contribution >= 4 is 28.5 Å². The minimum Gasteiger partial charge on any atom is -0.350 e. The number of carbonyl (C=O) groups excluding carboxylic acids is 1. The number of nitrogens with zero attached hydrogens (tertiary/aromatic N) is 2. The highest BCUT2D eigenvalue weighted by molar-refractivity contribution is 6.89. The van der Waals surface area contributed by atoms with Gasteiger partial charge in [-0.1, -0.05) is 39.3 Å². The Morgan fingerprint density at radius 2 is 1.43 bits per heavy atom. The van der Waals surface area contributed by atoms with Crippen molar-refractivity contribution in [3.05, 3.63) is 0 Å². The molecule has 0 heterocycles. The maximum Gasteiger partial charge on any atom is 0.172 e. The van der Waals surface area contributed by atoms with Crippen LogP contribution in [-0.4, -0.2) is 32.8 Å². The third kappa shape index (κ3) is 4.71. The number of ketones is 1. The van der Waals surface area contributed by atoms with E-state index in [1.807, 2.05) is 0 Å². The molecule has 0 spiro atoms. The molecule has 0 aromatic rings. The minimum atomic E-state index is -1.44. The van der Waals surface area contributed by atoms with E-state index in [0.29, 0.717) is 0 Å². The van der Waals surface area contributed by atoms with Crippen molar-refractivity contribution in [2.45, 2.75) is 46.2 Å². The van der Waals surface area contributed by atoms with E-state index >= 15 is 0 Å². The van der Waals surface area contributed by atoms with Crippen LogP contribution in [0.4, 0.5) is 0 Å². The van der Waals surface area contributed by atoms with Crippen molar-refractivity contribution in [2.24, 2.45) is 5.10 Å². The SMILES string of the molecule is CC(=O)/C=N/N([Si](C)(C)C)[Si](C)(C)C. The zero-order valence-corrected chi connectivity index (χ0v) is 12.4. The second-order valence-electron chi connectivity index (χ2n) is 5.51. The molecular formula is C9H22N2OSi2. The summed E-state index contributed by atoms with van der Waals surface area (Å²) in [6.07, 6.45) is 1.44. The fourth-order valence-corrected chi connectivity index (χ4v) is 10.3. The molecule has 5 heteroatoms. The summed E-state index contributed by atoms with van der Waals surface area (Å²) in [5, 5.41) is 4.35. The second-order valence-corrected chi connectivity index (χ2v) is 15.5. The van der Waals surface area contributed by atoms with E-state index in [-0.39, 0.29) is 5.78 Å². The molecule has 0 atom stereocenters. The van der Waals surface area contributed by atoms with Crippen LogP contribution in [0.5, 0.6) is 0 Å². The van der Waals surface area contributed by atoms with Gasteiger partial charge in [0.05, 0.1) is 6.21 Å². The fraction of sp³-hybridized carbons (Fsp3) is 0.778. The largest absolute Gasteiger partial charge is 0.350 e. The molecule has 0 rings (SSSR count). The molecule has 0 aliphatic heterocycles. The number of hydrazone groups is 1. The molecule has 0 fully saturated rings. The van der Waals surface area contributed by atoms with Gasteiger partial charge in [0, 0.05) is 6.92 Å². The average Bonchev–Trinajstić information content (AvgIpc) is 1.78. The summed E-state index contributed by atoms with van der Waals surface area (Å²) >= 11 is 0. The van der Waals surface area contributed by atoms with Gasteiger partial charge in [0.1, 0.15) is 0 Å². The van der Waals surface area contributed by atoms with E-state index < -0.39 is 16.5 Å². The van der Waals surface area contributed by atoms with Gasteiger partial charge in [-0.2, -0.15) is 5.10 Å². The normalized spacial score (nSPS) is 13.4. The average molecular weight is 230 g/mol. The van der Waals surface area contributed by atoms with Crippen molar-refractivity contribution in [2.75, 3.05) is 0 Å². The first-order valence-corrected chi connectivity index (χ1v) is 11.8. The minimum absolute atomic E-state index is 0.0199. The Hall–Kier alpha value is -0.426. The van der Waals surface area contributed by atoms with E-state index in [9.17, 15) is 4.79 Å². The Morgan fingerprint density at radius 1 is 1.07 bits per heavy atom. The van der Waals surface area contributed by atoms with E-state index in [0.717, 1.165) is 0 Å². The summed E-state index contributed by atoms with van der Waals surface area (Å²) in [6, 6.07) is 0. The highest BCUT2D eigenvalue weighted by atomic mass is 28.4. The molecule has 0 radical (unpaired) electrons. The second kappa shape index (κ2) is 4.40. The lowest BCUT2D eigenvalue weighted by Gasteiger charge is -2.41. The van der Waals surface area contributed by atoms with Crippen LogP contribution in [0.3, 0.4) is 0 Å². The summed E-state index contributed by atoms with van der Waals surface area (Å²) in [7, 11) is -2.89. The first-order chi connectivity index (χ1) is 6.05. The third-order valence-electron chi connectivity index (χ3n) is 1.63. The lowest BCUT2D eigenvalue weighted by Crippen LogP contribution is -2.56. The van der Waals surface area contributed by atoms with Gasteiger partial charge in [0.15, 0.2) is 22.3 Å². The summed E-state index contributed by atoms with van der Waals surface area (Å²) in [6.45, 7) is 15.1. The van der Waals surface area contributed by atoms with Crippen LogP contribution >= 0.6 is 0 Å². The Bertz CT molecular complexity index is 224. The van der Waals surface area contributed by atoms with Gasteiger partial charge < -0.3 is 4.34 Å². The summed E-state index contributed by atoms with van der Waals surface area (Å²) < 4.78 is 2.22. The van der Waals surface area contributed by atoms with Crippen molar-refractivity contribution in [1.29, 1.82) is 0 Å². The van der Waals surface area contributed by atoms with E-state index in [4.69, 9.17) is 0 Å². The van der Waals surface area contributed by atoms with Crippen LogP contribution < -0.4 is 0 Å². The fourth-order valence-electron chi connectivity index (χ4n) is 1.49. The van der Waals surface area contributed by atoms with Crippen molar-refractivity contribution in [1.82, 2.24) is 4.34 Å². The van der Waals surface area contributed by atoms with Crippen LogP contribution in [0.25, 0.3) is 0 Å².